The van der Waals surface area contributed by atoms with Gasteiger partial charge in [0.2, 0.25) is 0 Å². The van der Waals surface area contributed by atoms with E-state index in [0.29, 0.717) is 10.9 Å². The van der Waals surface area contributed by atoms with Crippen molar-refractivity contribution in [2.75, 3.05) is 0 Å². The van der Waals surface area contributed by atoms with Crippen LogP contribution < -0.4 is 0 Å². The SMILES string of the molecule is Cc1c(/C=N\O)c2cc(F)ccc2n1-c1ccc(O)cc1. The maximum absolute atomic E-state index is 13.5. The van der Waals surface area contributed by atoms with E-state index >= 15 is 0 Å². The summed E-state index contributed by atoms with van der Waals surface area (Å²) in [7, 11) is 0. The van der Waals surface area contributed by atoms with E-state index in [4.69, 9.17) is 5.21 Å². The highest BCUT2D eigenvalue weighted by atomic mass is 19.1. The van der Waals surface area contributed by atoms with Crippen molar-refractivity contribution in [2.45, 2.75) is 6.92 Å². The molecule has 21 heavy (non-hydrogen) atoms. The molecule has 0 aliphatic carbocycles. The minimum absolute atomic E-state index is 0.177. The van der Waals surface area contributed by atoms with Gasteiger partial charge in [-0.3, -0.25) is 0 Å². The highest BCUT2D eigenvalue weighted by molar-refractivity contribution is 6.01. The molecule has 0 unspecified atom stereocenters. The van der Waals surface area contributed by atoms with Gasteiger partial charge in [0, 0.05) is 22.3 Å². The number of phenols is 1. The zero-order valence-corrected chi connectivity index (χ0v) is 11.3. The summed E-state index contributed by atoms with van der Waals surface area (Å²) in [4.78, 5) is 0. The number of phenolic OH excluding ortho intramolecular Hbond substituents is 1. The third-order valence-corrected chi connectivity index (χ3v) is 3.51. The minimum Gasteiger partial charge on any atom is -0.508 e. The number of hydrogen-bond donors (Lipinski definition) is 2. The first-order chi connectivity index (χ1) is 10.1. The zero-order valence-electron chi connectivity index (χ0n) is 11.3. The van der Waals surface area contributed by atoms with Crippen molar-refractivity contribution in [2.24, 2.45) is 5.16 Å². The van der Waals surface area contributed by atoms with Crippen LogP contribution >= 0.6 is 0 Å². The van der Waals surface area contributed by atoms with E-state index < -0.39 is 0 Å². The van der Waals surface area contributed by atoms with Gasteiger partial charge in [0.05, 0.1) is 11.7 Å². The molecule has 0 atom stereocenters. The van der Waals surface area contributed by atoms with Crippen molar-refractivity contribution >= 4 is 17.1 Å². The smallest absolute Gasteiger partial charge is 0.123 e. The molecule has 0 fully saturated rings. The molecule has 0 aliphatic heterocycles. The van der Waals surface area contributed by atoms with E-state index in [-0.39, 0.29) is 11.6 Å². The molecule has 3 rings (SSSR count). The zero-order chi connectivity index (χ0) is 15.0. The van der Waals surface area contributed by atoms with E-state index in [1.165, 1.54) is 18.3 Å². The quantitative estimate of drug-likeness (QED) is 0.429. The fourth-order valence-corrected chi connectivity index (χ4v) is 2.57. The third-order valence-electron chi connectivity index (χ3n) is 3.51. The topological polar surface area (TPSA) is 57.8 Å². The Balaban J connectivity index is 2.37. The highest BCUT2D eigenvalue weighted by Gasteiger charge is 2.15. The van der Waals surface area contributed by atoms with Crippen LogP contribution in [0.1, 0.15) is 11.3 Å². The number of fused-ring (bicyclic) bond motifs is 1. The molecule has 0 radical (unpaired) electrons. The highest BCUT2D eigenvalue weighted by Crippen LogP contribution is 2.29. The molecule has 0 saturated heterocycles. The van der Waals surface area contributed by atoms with Gasteiger partial charge in [0.25, 0.3) is 0 Å². The van der Waals surface area contributed by atoms with Gasteiger partial charge in [-0.25, -0.2) is 4.39 Å². The Kier molecular flexibility index (Phi) is 3.10. The van der Waals surface area contributed by atoms with Gasteiger partial charge in [0.15, 0.2) is 0 Å². The van der Waals surface area contributed by atoms with Gasteiger partial charge in [-0.2, -0.15) is 0 Å². The van der Waals surface area contributed by atoms with Gasteiger partial charge in [-0.05, 0) is 49.4 Å². The molecule has 2 aromatic carbocycles. The first-order valence-electron chi connectivity index (χ1n) is 6.39. The van der Waals surface area contributed by atoms with Gasteiger partial charge in [-0.15, -0.1) is 0 Å². The van der Waals surface area contributed by atoms with Crippen LogP contribution in [0.4, 0.5) is 4.39 Å². The third kappa shape index (κ3) is 2.12. The molecule has 2 N–H and O–H groups in total. The number of halogens is 1. The molecule has 0 spiro atoms. The van der Waals surface area contributed by atoms with Crippen molar-refractivity contribution < 1.29 is 14.7 Å². The van der Waals surface area contributed by atoms with Crippen molar-refractivity contribution in [3.05, 3.63) is 59.5 Å². The maximum Gasteiger partial charge on any atom is 0.123 e. The molecule has 3 aromatic rings. The van der Waals surface area contributed by atoms with Crippen molar-refractivity contribution in [1.82, 2.24) is 4.57 Å². The van der Waals surface area contributed by atoms with Crippen LogP contribution in [0.15, 0.2) is 47.6 Å². The summed E-state index contributed by atoms with van der Waals surface area (Å²) < 4.78 is 15.4. The van der Waals surface area contributed by atoms with E-state index in [1.807, 2.05) is 11.5 Å². The van der Waals surface area contributed by atoms with Gasteiger partial charge >= 0.3 is 0 Å². The Bertz CT molecular complexity index is 836. The summed E-state index contributed by atoms with van der Waals surface area (Å²) in [5.41, 5.74) is 3.10. The molecule has 0 aliphatic rings. The maximum atomic E-state index is 13.5. The Morgan fingerprint density at radius 3 is 2.52 bits per heavy atom. The lowest BCUT2D eigenvalue weighted by molar-refractivity contribution is 0.322. The standard InChI is InChI=1S/C16H13FN2O2/c1-10-15(9-18-21)14-8-11(17)2-7-16(14)19(10)12-3-5-13(20)6-4-12/h2-9,20-21H,1H3/b18-9-. The average Bonchev–Trinajstić information content (AvgIpc) is 2.73. The van der Waals surface area contributed by atoms with Crippen LogP contribution in [0.25, 0.3) is 16.6 Å². The molecular weight excluding hydrogens is 271 g/mol. The molecule has 0 bridgehead atoms. The number of hydrogen-bond acceptors (Lipinski definition) is 3. The van der Waals surface area contributed by atoms with Gasteiger partial charge < -0.3 is 14.9 Å². The monoisotopic (exact) mass is 284 g/mol. The minimum atomic E-state index is -0.349. The Morgan fingerprint density at radius 2 is 1.86 bits per heavy atom. The second-order valence-corrected chi connectivity index (χ2v) is 4.76. The summed E-state index contributed by atoms with van der Waals surface area (Å²) in [6.45, 7) is 1.86. The molecule has 106 valence electrons. The first-order valence-corrected chi connectivity index (χ1v) is 6.39. The van der Waals surface area contributed by atoms with Crippen LogP contribution in [0.2, 0.25) is 0 Å². The van der Waals surface area contributed by atoms with Crippen molar-refractivity contribution in [3.63, 3.8) is 0 Å². The summed E-state index contributed by atoms with van der Waals surface area (Å²) in [6, 6.07) is 11.2. The summed E-state index contributed by atoms with van der Waals surface area (Å²) >= 11 is 0. The van der Waals surface area contributed by atoms with Gasteiger partial charge in [0.1, 0.15) is 11.6 Å². The number of oxime groups is 1. The number of nitrogens with zero attached hydrogens (tertiary/aromatic N) is 2. The molecule has 0 saturated carbocycles. The predicted octanol–water partition coefficient (Wildman–Crippen LogP) is 3.59. The second kappa shape index (κ2) is 4.94. The predicted molar refractivity (Wildman–Crippen MR) is 79.0 cm³/mol. The Morgan fingerprint density at radius 1 is 1.14 bits per heavy atom. The van der Waals surface area contributed by atoms with E-state index in [9.17, 15) is 9.50 Å². The lowest BCUT2D eigenvalue weighted by Crippen LogP contribution is -1.97. The number of rotatable bonds is 2. The summed E-state index contributed by atoms with van der Waals surface area (Å²) in [6.07, 6.45) is 1.30. The summed E-state index contributed by atoms with van der Waals surface area (Å²) in [5.74, 6) is -0.172. The van der Waals surface area contributed by atoms with Crippen LogP contribution in [0, 0.1) is 12.7 Å². The lowest BCUT2D eigenvalue weighted by Gasteiger charge is -2.08. The van der Waals surface area contributed by atoms with Crippen LogP contribution in [0.5, 0.6) is 5.75 Å². The molecule has 1 heterocycles. The van der Waals surface area contributed by atoms with Gasteiger partial charge in [-0.1, -0.05) is 5.16 Å². The number of aromatic hydroxyl groups is 1. The Labute approximate surface area is 120 Å². The van der Waals surface area contributed by atoms with E-state index in [2.05, 4.69) is 5.16 Å². The van der Waals surface area contributed by atoms with Crippen LogP contribution in [-0.4, -0.2) is 21.1 Å². The van der Waals surface area contributed by atoms with Crippen LogP contribution in [0.3, 0.4) is 0 Å². The van der Waals surface area contributed by atoms with E-state index in [1.54, 1.807) is 30.3 Å². The largest absolute Gasteiger partial charge is 0.508 e. The van der Waals surface area contributed by atoms with Crippen molar-refractivity contribution in [3.8, 4) is 11.4 Å². The summed E-state index contributed by atoms with van der Waals surface area (Å²) in [5, 5.41) is 22.0. The van der Waals surface area contributed by atoms with Crippen LogP contribution in [-0.2, 0) is 0 Å². The Hall–Kier alpha value is -2.82. The van der Waals surface area contributed by atoms with Crippen molar-refractivity contribution in [1.29, 1.82) is 0 Å². The lowest BCUT2D eigenvalue weighted by atomic mass is 10.1. The molecule has 0 amide bonds. The number of benzene rings is 2. The number of aromatic nitrogens is 1. The fraction of sp³-hybridized carbons (Fsp3) is 0.0625. The normalized spacial score (nSPS) is 11.5. The first kappa shape index (κ1) is 13.2. The molecule has 4 nitrogen and oxygen atoms in total. The van der Waals surface area contributed by atoms with E-state index in [0.717, 1.165) is 16.9 Å². The molecular formula is C16H13FN2O2. The second-order valence-electron chi connectivity index (χ2n) is 4.76. The fourth-order valence-electron chi connectivity index (χ4n) is 2.57. The molecule has 1 aromatic heterocycles. The average molecular weight is 284 g/mol. The molecule has 5 heteroatoms.